The molecule has 1 atom stereocenters. The molecule has 10 nitrogen and oxygen atoms in total. The fourth-order valence-corrected chi connectivity index (χ4v) is 6.40. The van der Waals surface area contributed by atoms with Crippen LogP contribution in [0.2, 0.25) is 0 Å². The van der Waals surface area contributed by atoms with Gasteiger partial charge < -0.3 is 14.5 Å². The second-order valence-electron chi connectivity index (χ2n) is 10.7. The number of aromatic nitrogens is 4. The minimum Gasteiger partial charge on any atom is -0.444 e. The number of benzene rings is 1. The zero-order valence-electron chi connectivity index (χ0n) is 22.7. The van der Waals surface area contributed by atoms with E-state index in [4.69, 9.17) is 4.74 Å². The minimum absolute atomic E-state index is 0.158. The third-order valence-corrected chi connectivity index (χ3v) is 8.47. The van der Waals surface area contributed by atoms with Crippen LogP contribution in [0, 0.1) is 6.92 Å². The molecule has 1 aliphatic rings. The summed E-state index contributed by atoms with van der Waals surface area (Å²) in [6.45, 7) is 10.7. The summed E-state index contributed by atoms with van der Waals surface area (Å²) in [7, 11) is -3.97. The number of anilines is 1. The number of piperazine rings is 1. The molecule has 4 heterocycles. The summed E-state index contributed by atoms with van der Waals surface area (Å²) in [5.41, 5.74) is 1.54. The molecule has 39 heavy (non-hydrogen) atoms. The average molecular weight is 549 g/mol. The van der Waals surface area contributed by atoms with Crippen LogP contribution in [0.4, 0.5) is 10.6 Å². The Kier molecular flexibility index (Phi) is 6.79. The average Bonchev–Trinajstić information content (AvgIpc) is 3.29. The van der Waals surface area contributed by atoms with E-state index in [0.717, 1.165) is 0 Å². The Morgan fingerprint density at radius 2 is 1.77 bits per heavy atom. The van der Waals surface area contributed by atoms with E-state index in [1.807, 2.05) is 45.9 Å². The molecule has 0 N–H and O–H groups in total. The lowest BCUT2D eigenvalue weighted by Gasteiger charge is -2.40. The predicted molar refractivity (Wildman–Crippen MR) is 149 cm³/mol. The molecule has 11 heteroatoms. The van der Waals surface area contributed by atoms with Crippen LogP contribution < -0.4 is 4.90 Å². The van der Waals surface area contributed by atoms with Crippen molar-refractivity contribution in [3.8, 4) is 11.3 Å². The van der Waals surface area contributed by atoms with Gasteiger partial charge in [0.15, 0.2) is 5.65 Å². The molecular formula is C28H32N6O4S. The molecule has 0 spiro atoms. The van der Waals surface area contributed by atoms with Gasteiger partial charge in [-0.15, -0.1) is 0 Å². The minimum atomic E-state index is -3.97. The second-order valence-corrected chi connectivity index (χ2v) is 12.5. The first kappa shape index (κ1) is 26.6. The number of ether oxygens (including phenoxy) is 1. The highest BCUT2D eigenvalue weighted by Gasteiger charge is 2.33. The van der Waals surface area contributed by atoms with Crippen molar-refractivity contribution in [1.29, 1.82) is 0 Å². The highest BCUT2D eigenvalue weighted by Crippen LogP contribution is 2.37. The Hall–Kier alpha value is -3.99. The first-order valence-electron chi connectivity index (χ1n) is 12.8. The van der Waals surface area contributed by atoms with Crippen LogP contribution >= 0.6 is 0 Å². The van der Waals surface area contributed by atoms with Crippen molar-refractivity contribution < 1.29 is 17.9 Å². The molecule has 0 radical (unpaired) electrons. The van der Waals surface area contributed by atoms with Gasteiger partial charge in [0.25, 0.3) is 10.0 Å². The van der Waals surface area contributed by atoms with Crippen molar-refractivity contribution in [3.63, 3.8) is 0 Å². The predicted octanol–water partition coefficient (Wildman–Crippen LogP) is 4.48. The zero-order valence-corrected chi connectivity index (χ0v) is 23.5. The Morgan fingerprint density at radius 1 is 1.03 bits per heavy atom. The van der Waals surface area contributed by atoms with Crippen molar-refractivity contribution in [1.82, 2.24) is 23.8 Å². The van der Waals surface area contributed by atoms with Gasteiger partial charge in [-0.1, -0.05) is 24.3 Å². The molecule has 4 aromatic rings. The number of pyridine rings is 1. The van der Waals surface area contributed by atoms with Crippen molar-refractivity contribution >= 4 is 33.0 Å². The molecule has 0 bridgehead atoms. The van der Waals surface area contributed by atoms with Crippen LogP contribution in [-0.2, 0) is 14.8 Å². The maximum absolute atomic E-state index is 13.9. The molecular weight excluding hydrogens is 516 g/mol. The molecule has 1 saturated heterocycles. The summed E-state index contributed by atoms with van der Waals surface area (Å²) in [6, 6.07) is 12.2. The summed E-state index contributed by atoms with van der Waals surface area (Å²) >= 11 is 0. The summed E-state index contributed by atoms with van der Waals surface area (Å²) in [4.78, 5) is 30.3. The molecule has 1 amide bonds. The number of carbonyl (C=O) groups excluding carboxylic acids is 1. The number of nitrogens with zero attached hydrogens (tertiary/aromatic N) is 6. The molecule has 0 aliphatic carbocycles. The topological polar surface area (TPSA) is 111 Å². The van der Waals surface area contributed by atoms with Crippen molar-refractivity contribution in [2.75, 3.05) is 24.5 Å². The van der Waals surface area contributed by atoms with E-state index in [9.17, 15) is 13.2 Å². The van der Waals surface area contributed by atoms with Gasteiger partial charge in [-0.3, -0.25) is 4.98 Å². The fraction of sp³-hybridized carbons (Fsp3) is 0.357. The highest BCUT2D eigenvalue weighted by molar-refractivity contribution is 7.90. The Bertz CT molecular complexity index is 1630. The van der Waals surface area contributed by atoms with Crippen LogP contribution in [0.1, 0.15) is 33.3 Å². The van der Waals surface area contributed by atoms with Gasteiger partial charge >= 0.3 is 6.09 Å². The van der Waals surface area contributed by atoms with Crippen molar-refractivity contribution in [3.05, 3.63) is 66.7 Å². The van der Waals surface area contributed by atoms with E-state index in [2.05, 4.69) is 19.9 Å². The quantitative estimate of drug-likeness (QED) is 0.367. The summed E-state index contributed by atoms with van der Waals surface area (Å²) in [5, 5.41) is 0.589. The van der Waals surface area contributed by atoms with Crippen LogP contribution in [0.5, 0.6) is 0 Å². The first-order chi connectivity index (χ1) is 18.5. The summed E-state index contributed by atoms with van der Waals surface area (Å²) in [6.07, 6.45) is 4.27. The number of amides is 1. The summed E-state index contributed by atoms with van der Waals surface area (Å²) in [5.74, 6) is 0.593. The van der Waals surface area contributed by atoms with Gasteiger partial charge in [-0.05, 0) is 58.4 Å². The van der Waals surface area contributed by atoms with Gasteiger partial charge in [0.05, 0.1) is 16.0 Å². The van der Waals surface area contributed by atoms with E-state index >= 15 is 0 Å². The molecule has 1 fully saturated rings. The van der Waals surface area contributed by atoms with E-state index in [1.165, 1.54) is 10.3 Å². The van der Waals surface area contributed by atoms with Gasteiger partial charge in [0.2, 0.25) is 0 Å². The number of hydrogen-bond donors (Lipinski definition) is 0. The lowest BCUT2D eigenvalue weighted by atomic mass is 10.1. The van der Waals surface area contributed by atoms with Crippen molar-refractivity contribution in [2.24, 2.45) is 0 Å². The lowest BCUT2D eigenvalue weighted by Crippen LogP contribution is -2.55. The zero-order chi connectivity index (χ0) is 27.9. The Morgan fingerprint density at radius 3 is 2.44 bits per heavy atom. The monoisotopic (exact) mass is 548 g/mol. The molecule has 1 aliphatic heterocycles. The molecule has 5 rings (SSSR count). The molecule has 3 aromatic heterocycles. The van der Waals surface area contributed by atoms with Gasteiger partial charge in [0.1, 0.15) is 17.7 Å². The number of rotatable bonds is 4. The number of carbonyl (C=O) groups is 1. The van der Waals surface area contributed by atoms with Gasteiger partial charge in [-0.2, -0.15) is 0 Å². The maximum Gasteiger partial charge on any atom is 0.410 e. The largest absolute Gasteiger partial charge is 0.444 e. The first-order valence-corrected chi connectivity index (χ1v) is 14.2. The van der Waals surface area contributed by atoms with E-state index in [1.54, 1.807) is 48.5 Å². The normalized spacial score (nSPS) is 16.5. The van der Waals surface area contributed by atoms with E-state index in [0.29, 0.717) is 47.7 Å². The maximum atomic E-state index is 13.9. The smallest absolute Gasteiger partial charge is 0.410 e. The van der Waals surface area contributed by atoms with Gasteiger partial charge in [0, 0.05) is 43.6 Å². The van der Waals surface area contributed by atoms with Crippen LogP contribution in [0.15, 0.2) is 66.1 Å². The third-order valence-electron chi connectivity index (χ3n) is 6.66. The second kappa shape index (κ2) is 9.96. The van der Waals surface area contributed by atoms with Crippen LogP contribution in [0.3, 0.4) is 0 Å². The highest BCUT2D eigenvalue weighted by atomic mass is 32.2. The lowest BCUT2D eigenvalue weighted by molar-refractivity contribution is 0.0158. The van der Waals surface area contributed by atoms with Crippen molar-refractivity contribution in [2.45, 2.75) is 51.2 Å². The number of hydrogen-bond acceptors (Lipinski definition) is 8. The number of fused-ring (bicyclic) bond motifs is 1. The number of aryl methyl sites for hydroxylation is 1. The SMILES string of the molecule is Cc1ccccc1S(=O)(=O)n1cc(-c2ccccn2)c2c(N3CCN(C(=O)OC(C)(C)C)[C@H](C)C3)ncnc21. The summed E-state index contributed by atoms with van der Waals surface area (Å²) < 4.78 is 34.6. The fourth-order valence-electron chi connectivity index (χ4n) is 4.85. The van der Waals surface area contributed by atoms with Crippen LogP contribution in [-0.4, -0.2) is 69.6 Å². The van der Waals surface area contributed by atoms with Crippen LogP contribution in [0.25, 0.3) is 22.3 Å². The van der Waals surface area contributed by atoms with E-state index < -0.39 is 15.6 Å². The van der Waals surface area contributed by atoms with E-state index in [-0.39, 0.29) is 22.7 Å². The Balaban J connectivity index is 1.61. The third kappa shape index (κ3) is 5.06. The standard InChI is InChI=1S/C28H32N6O4S/c1-19-10-6-7-12-23(19)39(36,37)34-17-21(22-11-8-9-13-29-22)24-25(30-18-31-26(24)34)32-14-15-33(20(2)16-32)27(35)38-28(3,4)5/h6-13,17-18,20H,14-16H2,1-5H3/t20-/m1/s1. The molecule has 0 saturated carbocycles. The Labute approximate surface area is 228 Å². The van der Waals surface area contributed by atoms with Gasteiger partial charge in [-0.25, -0.2) is 27.2 Å². The molecule has 0 unspecified atom stereocenters. The molecule has 1 aromatic carbocycles. The molecule has 204 valence electrons.